The lowest BCUT2D eigenvalue weighted by atomic mass is 10.2. The smallest absolute Gasteiger partial charge is 0.305 e. The van der Waals surface area contributed by atoms with Crippen LogP contribution in [0.3, 0.4) is 0 Å². The van der Waals surface area contributed by atoms with Gasteiger partial charge in [0.25, 0.3) is 0 Å². The number of nitro benzene ring substituents is 1. The van der Waals surface area contributed by atoms with E-state index >= 15 is 0 Å². The lowest BCUT2D eigenvalue weighted by molar-refractivity contribution is -0.387. The highest BCUT2D eigenvalue weighted by Gasteiger charge is 2.18. The lowest BCUT2D eigenvalue weighted by Crippen LogP contribution is -2.20. The normalized spacial score (nSPS) is 10.7. The molecule has 1 aromatic carbocycles. The van der Waals surface area contributed by atoms with Crippen molar-refractivity contribution in [3.05, 3.63) is 51.8 Å². The third-order valence-electron chi connectivity index (χ3n) is 2.62. The van der Waals surface area contributed by atoms with Crippen LogP contribution in [0, 0.1) is 21.7 Å². The van der Waals surface area contributed by atoms with Gasteiger partial charge >= 0.3 is 5.69 Å². The minimum absolute atomic E-state index is 0.0386. The van der Waals surface area contributed by atoms with E-state index in [1.165, 1.54) is 6.20 Å². The fourth-order valence-electron chi connectivity index (χ4n) is 1.62. The summed E-state index contributed by atoms with van der Waals surface area (Å²) >= 11 is 0. The van der Waals surface area contributed by atoms with Crippen molar-refractivity contribution < 1.29 is 13.7 Å². The highest BCUT2D eigenvalue weighted by molar-refractivity contribution is 5.37. The van der Waals surface area contributed by atoms with Crippen LogP contribution in [0.4, 0.5) is 14.5 Å². The van der Waals surface area contributed by atoms with Gasteiger partial charge in [-0.25, -0.2) is 4.39 Å². The van der Waals surface area contributed by atoms with E-state index in [0.717, 1.165) is 6.07 Å². The Morgan fingerprint density at radius 2 is 2.15 bits per heavy atom. The van der Waals surface area contributed by atoms with Gasteiger partial charge in [-0.2, -0.15) is 4.39 Å². The summed E-state index contributed by atoms with van der Waals surface area (Å²) in [5, 5.41) is 20.8. The Hall–Kier alpha value is -2.42. The Labute approximate surface area is 112 Å². The Balaban J connectivity index is 1.95. The number of nitrogens with one attached hydrogen (secondary N) is 1. The van der Waals surface area contributed by atoms with Crippen molar-refractivity contribution >= 4 is 5.69 Å². The molecule has 0 unspecified atom stereocenters. The van der Waals surface area contributed by atoms with E-state index in [1.807, 2.05) is 0 Å². The van der Waals surface area contributed by atoms with Gasteiger partial charge in [-0.15, -0.1) is 5.10 Å². The molecule has 0 aliphatic carbocycles. The monoisotopic (exact) mass is 283 g/mol. The zero-order chi connectivity index (χ0) is 14.5. The lowest BCUT2D eigenvalue weighted by Gasteiger charge is -2.06. The van der Waals surface area contributed by atoms with Crippen LogP contribution in [-0.4, -0.2) is 26.5 Å². The molecule has 0 saturated carbocycles. The maximum absolute atomic E-state index is 13.5. The van der Waals surface area contributed by atoms with E-state index in [2.05, 4.69) is 15.6 Å². The highest BCUT2D eigenvalue weighted by Crippen LogP contribution is 2.21. The highest BCUT2D eigenvalue weighted by atomic mass is 19.1. The van der Waals surface area contributed by atoms with Gasteiger partial charge in [0, 0.05) is 37.0 Å². The Bertz CT molecular complexity index is 603. The minimum atomic E-state index is -1.18. The summed E-state index contributed by atoms with van der Waals surface area (Å²) in [4.78, 5) is 9.69. The first kappa shape index (κ1) is 14.0. The van der Waals surface area contributed by atoms with Gasteiger partial charge in [0.15, 0.2) is 0 Å². The van der Waals surface area contributed by atoms with E-state index in [1.54, 1.807) is 10.9 Å². The predicted molar refractivity (Wildman–Crippen MR) is 64.7 cm³/mol. The molecule has 2 aromatic rings. The summed E-state index contributed by atoms with van der Waals surface area (Å²) in [5.74, 6) is -2.00. The first-order chi connectivity index (χ1) is 9.58. The van der Waals surface area contributed by atoms with Crippen LogP contribution in [0.15, 0.2) is 24.5 Å². The number of hydrogen-bond donors (Lipinski definition) is 1. The summed E-state index contributed by atoms with van der Waals surface area (Å²) in [5.41, 5.74) is -0.698. The summed E-state index contributed by atoms with van der Waals surface area (Å²) < 4.78 is 28.2. The number of nitrogens with zero attached hydrogens (tertiary/aromatic N) is 4. The molecule has 0 aliphatic heterocycles. The third kappa shape index (κ3) is 3.32. The van der Waals surface area contributed by atoms with Crippen molar-refractivity contribution in [2.24, 2.45) is 0 Å². The van der Waals surface area contributed by atoms with Crippen molar-refractivity contribution in [1.82, 2.24) is 20.3 Å². The number of aromatic nitrogens is 3. The average molecular weight is 283 g/mol. The van der Waals surface area contributed by atoms with Crippen LogP contribution >= 0.6 is 0 Å². The Morgan fingerprint density at radius 1 is 1.35 bits per heavy atom. The molecule has 0 aliphatic rings. The fourth-order valence-corrected chi connectivity index (χ4v) is 1.62. The molecule has 20 heavy (non-hydrogen) atoms. The molecule has 1 aromatic heterocycles. The third-order valence-corrected chi connectivity index (χ3v) is 2.62. The van der Waals surface area contributed by atoms with Crippen LogP contribution in [0.2, 0.25) is 0 Å². The number of rotatable bonds is 6. The molecule has 1 heterocycles. The van der Waals surface area contributed by atoms with Crippen LogP contribution in [-0.2, 0) is 13.1 Å². The van der Waals surface area contributed by atoms with Crippen LogP contribution in [0.25, 0.3) is 0 Å². The topological polar surface area (TPSA) is 85.9 Å². The molecular weight excluding hydrogens is 272 g/mol. The van der Waals surface area contributed by atoms with E-state index in [-0.39, 0.29) is 12.1 Å². The quantitative estimate of drug-likeness (QED) is 0.490. The zero-order valence-corrected chi connectivity index (χ0v) is 10.3. The van der Waals surface area contributed by atoms with E-state index in [0.29, 0.717) is 19.2 Å². The van der Waals surface area contributed by atoms with Gasteiger partial charge < -0.3 is 5.32 Å². The maximum Gasteiger partial charge on any atom is 0.305 e. The first-order valence-electron chi connectivity index (χ1n) is 5.75. The van der Waals surface area contributed by atoms with Gasteiger partial charge in [0.1, 0.15) is 5.82 Å². The average Bonchev–Trinajstić information content (AvgIpc) is 2.89. The van der Waals surface area contributed by atoms with Crippen molar-refractivity contribution in [2.45, 2.75) is 13.1 Å². The molecule has 0 radical (unpaired) electrons. The molecule has 0 bridgehead atoms. The van der Waals surface area contributed by atoms with Gasteiger partial charge in [-0.3, -0.25) is 14.8 Å². The van der Waals surface area contributed by atoms with Crippen molar-refractivity contribution in [3.63, 3.8) is 0 Å². The Kier molecular flexibility index (Phi) is 4.31. The standard InChI is InChI=1S/C11H11F2N5O2/c12-9-6-10(13)11(18(19)20)5-8(9)7-14-1-3-17-4-2-15-16-17/h2,4-6,14H,1,3,7H2. The molecule has 2 rings (SSSR count). The van der Waals surface area contributed by atoms with Crippen molar-refractivity contribution in [1.29, 1.82) is 0 Å². The van der Waals surface area contributed by atoms with Crippen molar-refractivity contribution in [2.75, 3.05) is 6.54 Å². The SMILES string of the molecule is O=[N+]([O-])c1cc(CNCCn2ccnn2)c(F)cc1F. The number of nitro groups is 1. The van der Waals surface area contributed by atoms with Crippen LogP contribution < -0.4 is 5.32 Å². The van der Waals surface area contributed by atoms with Crippen LogP contribution in [0.5, 0.6) is 0 Å². The van der Waals surface area contributed by atoms with Crippen LogP contribution in [0.1, 0.15) is 5.56 Å². The first-order valence-corrected chi connectivity index (χ1v) is 5.75. The molecule has 9 heteroatoms. The van der Waals surface area contributed by atoms with Crippen molar-refractivity contribution in [3.8, 4) is 0 Å². The fraction of sp³-hybridized carbons (Fsp3) is 0.273. The summed E-state index contributed by atoms with van der Waals surface area (Å²) in [6.07, 6.45) is 3.20. The molecule has 0 amide bonds. The second kappa shape index (κ2) is 6.15. The molecular formula is C11H11F2N5O2. The van der Waals surface area contributed by atoms with Gasteiger partial charge in [0.2, 0.25) is 5.82 Å². The number of hydrogen-bond acceptors (Lipinski definition) is 5. The molecule has 0 spiro atoms. The molecule has 1 N–H and O–H groups in total. The predicted octanol–water partition coefficient (Wildman–Crippen LogP) is 1.25. The van der Waals surface area contributed by atoms with Gasteiger partial charge in [-0.1, -0.05) is 5.21 Å². The van der Waals surface area contributed by atoms with E-state index < -0.39 is 22.2 Å². The minimum Gasteiger partial charge on any atom is -0.311 e. The summed E-state index contributed by atoms with van der Waals surface area (Å²) in [7, 11) is 0. The number of halogens is 2. The molecule has 0 atom stereocenters. The second-order valence-corrected chi connectivity index (χ2v) is 4.00. The van der Waals surface area contributed by atoms with E-state index in [9.17, 15) is 18.9 Å². The molecule has 106 valence electrons. The van der Waals surface area contributed by atoms with E-state index in [4.69, 9.17) is 0 Å². The van der Waals surface area contributed by atoms with Gasteiger partial charge in [0.05, 0.1) is 17.7 Å². The molecule has 0 fully saturated rings. The summed E-state index contributed by atoms with van der Waals surface area (Å²) in [6, 6.07) is 1.42. The van der Waals surface area contributed by atoms with Gasteiger partial charge in [-0.05, 0) is 0 Å². The number of benzene rings is 1. The second-order valence-electron chi connectivity index (χ2n) is 4.00. The Morgan fingerprint density at radius 3 is 2.80 bits per heavy atom. The largest absolute Gasteiger partial charge is 0.311 e. The zero-order valence-electron chi connectivity index (χ0n) is 10.3. The summed E-state index contributed by atoms with van der Waals surface area (Å²) in [6.45, 7) is 1.04. The molecule has 0 saturated heterocycles. The molecule has 7 nitrogen and oxygen atoms in total. The maximum atomic E-state index is 13.5.